The molecule has 0 atom stereocenters. The highest BCUT2D eigenvalue weighted by Crippen LogP contribution is 2.34. The Morgan fingerprint density at radius 3 is 2.40 bits per heavy atom. The number of pyridine rings is 2. The first-order chi connectivity index (χ1) is 19.5. The molecule has 3 fully saturated rings. The maximum Gasteiger partial charge on any atom is 0.333 e. The summed E-state index contributed by atoms with van der Waals surface area (Å²) >= 11 is 1.85. The van der Waals surface area contributed by atoms with Crippen LogP contribution >= 0.6 is 11.8 Å². The van der Waals surface area contributed by atoms with Crippen LogP contribution in [0.2, 0.25) is 0 Å². The van der Waals surface area contributed by atoms with Crippen LogP contribution in [0.15, 0.2) is 46.4 Å². The Bertz CT molecular complexity index is 1470. The van der Waals surface area contributed by atoms with Crippen LogP contribution < -0.4 is 21.5 Å². The first-order valence-corrected chi connectivity index (χ1v) is 15.5. The molecule has 1 amide bonds. The number of anilines is 1. The maximum atomic E-state index is 14.2. The summed E-state index contributed by atoms with van der Waals surface area (Å²) in [6.45, 7) is 1.66. The number of hydrogen-bond acceptors (Lipinski definition) is 7. The molecule has 40 heavy (non-hydrogen) atoms. The molecule has 3 aromatic heterocycles. The van der Waals surface area contributed by atoms with Gasteiger partial charge in [0.15, 0.2) is 0 Å². The van der Waals surface area contributed by atoms with E-state index in [1.54, 1.807) is 17.0 Å². The predicted molar refractivity (Wildman–Crippen MR) is 154 cm³/mol. The number of aromatic nitrogens is 4. The van der Waals surface area contributed by atoms with Gasteiger partial charge in [0.2, 0.25) is 5.91 Å². The SMILES string of the molecule is O=C(C1CCNCC1)N(c1cccnc1)C1CCC(n2c(=O)c3cc(F)cnc3n(C3CCSCC3)c2=O)CC1. The van der Waals surface area contributed by atoms with Gasteiger partial charge in [0.1, 0.15) is 11.5 Å². The summed E-state index contributed by atoms with van der Waals surface area (Å²) in [5.74, 6) is 1.36. The van der Waals surface area contributed by atoms with Gasteiger partial charge in [-0.3, -0.25) is 23.7 Å². The van der Waals surface area contributed by atoms with Gasteiger partial charge in [-0.15, -0.1) is 0 Å². The molecule has 0 unspecified atom stereocenters. The second-order valence-electron chi connectivity index (χ2n) is 11.1. The number of piperidine rings is 1. The number of carbonyl (C=O) groups is 1. The zero-order chi connectivity index (χ0) is 27.6. The highest BCUT2D eigenvalue weighted by atomic mass is 32.2. The maximum absolute atomic E-state index is 14.2. The van der Waals surface area contributed by atoms with E-state index in [2.05, 4.69) is 15.3 Å². The van der Waals surface area contributed by atoms with Crippen molar-refractivity contribution in [2.24, 2.45) is 5.92 Å². The summed E-state index contributed by atoms with van der Waals surface area (Å²) in [6, 6.07) is 4.55. The lowest BCUT2D eigenvalue weighted by Gasteiger charge is -2.39. The molecule has 3 aliphatic rings. The monoisotopic (exact) mass is 566 g/mol. The third-order valence-electron chi connectivity index (χ3n) is 8.73. The van der Waals surface area contributed by atoms with Crippen molar-refractivity contribution in [3.63, 3.8) is 0 Å². The Hall–Kier alpha value is -3.05. The third-order valence-corrected chi connectivity index (χ3v) is 9.77. The Kier molecular flexibility index (Phi) is 8.02. The minimum absolute atomic E-state index is 0.0365. The normalized spacial score (nSPS) is 22.8. The van der Waals surface area contributed by atoms with E-state index in [0.29, 0.717) is 25.7 Å². The van der Waals surface area contributed by atoms with Crippen LogP contribution in [0.3, 0.4) is 0 Å². The minimum Gasteiger partial charge on any atom is -0.317 e. The van der Waals surface area contributed by atoms with E-state index in [9.17, 15) is 18.8 Å². The van der Waals surface area contributed by atoms with Crippen molar-refractivity contribution in [2.75, 3.05) is 29.5 Å². The zero-order valence-corrected chi connectivity index (χ0v) is 23.3. The van der Waals surface area contributed by atoms with Gasteiger partial charge in [0.25, 0.3) is 5.56 Å². The molecule has 1 N–H and O–H groups in total. The number of amides is 1. The Balaban J connectivity index is 1.32. The van der Waals surface area contributed by atoms with E-state index >= 15 is 0 Å². The van der Waals surface area contributed by atoms with E-state index in [1.807, 2.05) is 28.8 Å². The third kappa shape index (κ3) is 5.21. The fraction of sp³-hybridized carbons (Fsp3) is 0.552. The molecule has 9 nitrogen and oxygen atoms in total. The Labute approximate surface area is 236 Å². The molecule has 6 rings (SSSR count). The molecule has 1 aliphatic carbocycles. The summed E-state index contributed by atoms with van der Waals surface area (Å²) in [5.41, 5.74) is 0.226. The van der Waals surface area contributed by atoms with Gasteiger partial charge >= 0.3 is 5.69 Å². The summed E-state index contributed by atoms with van der Waals surface area (Å²) < 4.78 is 17.2. The predicted octanol–water partition coefficient (Wildman–Crippen LogP) is 3.68. The van der Waals surface area contributed by atoms with Gasteiger partial charge in [0, 0.05) is 30.2 Å². The summed E-state index contributed by atoms with van der Waals surface area (Å²) in [4.78, 5) is 51.8. The quantitative estimate of drug-likeness (QED) is 0.503. The van der Waals surface area contributed by atoms with Crippen molar-refractivity contribution >= 4 is 34.4 Å². The van der Waals surface area contributed by atoms with Crippen molar-refractivity contribution in [3.8, 4) is 0 Å². The summed E-state index contributed by atoms with van der Waals surface area (Å²) in [6.07, 6.45) is 10.2. The number of fused-ring (bicyclic) bond motifs is 1. The molecule has 0 spiro atoms. The van der Waals surface area contributed by atoms with Crippen molar-refractivity contribution in [3.05, 3.63) is 63.4 Å². The fourth-order valence-corrected chi connectivity index (χ4v) is 7.74. The number of rotatable bonds is 5. The second kappa shape index (κ2) is 11.8. The van der Waals surface area contributed by atoms with Crippen LogP contribution in [0.4, 0.5) is 10.1 Å². The van der Waals surface area contributed by atoms with Crippen molar-refractivity contribution in [2.45, 2.75) is 69.5 Å². The van der Waals surface area contributed by atoms with Crippen molar-refractivity contribution < 1.29 is 9.18 Å². The molecular formula is C29H35FN6O3S. The first-order valence-electron chi connectivity index (χ1n) is 14.4. The van der Waals surface area contributed by atoms with Gasteiger partial charge < -0.3 is 10.2 Å². The Morgan fingerprint density at radius 1 is 0.975 bits per heavy atom. The van der Waals surface area contributed by atoms with Gasteiger partial charge in [-0.05, 0) is 94.2 Å². The summed E-state index contributed by atoms with van der Waals surface area (Å²) in [7, 11) is 0. The lowest BCUT2D eigenvalue weighted by Crippen LogP contribution is -2.49. The molecule has 0 bridgehead atoms. The molecule has 3 aromatic rings. The zero-order valence-electron chi connectivity index (χ0n) is 22.5. The highest BCUT2D eigenvalue weighted by molar-refractivity contribution is 7.99. The van der Waals surface area contributed by atoms with Crippen LogP contribution in [0, 0.1) is 11.7 Å². The van der Waals surface area contributed by atoms with Crippen LogP contribution in [-0.2, 0) is 4.79 Å². The van der Waals surface area contributed by atoms with Crippen LogP contribution in [0.5, 0.6) is 0 Å². The summed E-state index contributed by atoms with van der Waals surface area (Å²) in [5, 5.41) is 3.48. The number of hydrogen-bond donors (Lipinski definition) is 1. The van der Waals surface area contributed by atoms with Gasteiger partial charge in [-0.1, -0.05) is 0 Å². The molecule has 2 saturated heterocycles. The van der Waals surface area contributed by atoms with Crippen molar-refractivity contribution in [1.82, 2.24) is 24.4 Å². The molecule has 0 aromatic carbocycles. The average Bonchev–Trinajstić information content (AvgIpc) is 3.00. The molecular weight excluding hydrogens is 531 g/mol. The van der Waals surface area contributed by atoms with E-state index in [1.165, 1.54) is 10.6 Å². The minimum atomic E-state index is -0.590. The number of nitrogens with one attached hydrogen (secondary N) is 1. The lowest BCUT2D eigenvalue weighted by molar-refractivity contribution is -0.123. The van der Waals surface area contributed by atoms with Crippen LogP contribution in [-0.4, -0.2) is 55.6 Å². The van der Waals surface area contributed by atoms with Crippen molar-refractivity contribution in [1.29, 1.82) is 0 Å². The average molecular weight is 567 g/mol. The number of nitrogens with zero attached hydrogens (tertiary/aromatic N) is 5. The fourth-order valence-electron chi connectivity index (χ4n) is 6.65. The first kappa shape index (κ1) is 27.1. The van der Waals surface area contributed by atoms with Gasteiger partial charge in [0.05, 0.1) is 23.5 Å². The highest BCUT2D eigenvalue weighted by Gasteiger charge is 2.36. The van der Waals surface area contributed by atoms with E-state index in [-0.39, 0.29) is 46.7 Å². The molecule has 2 aliphatic heterocycles. The topological polar surface area (TPSA) is 102 Å². The molecule has 0 radical (unpaired) electrons. The second-order valence-corrected chi connectivity index (χ2v) is 12.3. The van der Waals surface area contributed by atoms with Gasteiger partial charge in [-0.25, -0.2) is 14.2 Å². The number of thioether (sulfide) groups is 1. The van der Waals surface area contributed by atoms with Gasteiger partial charge in [-0.2, -0.15) is 11.8 Å². The van der Waals surface area contributed by atoms with Crippen LogP contribution in [0.1, 0.15) is 63.5 Å². The Morgan fingerprint density at radius 2 is 1.70 bits per heavy atom. The molecule has 11 heteroatoms. The van der Waals surface area contributed by atoms with E-state index < -0.39 is 11.4 Å². The number of carbonyl (C=O) groups excluding carboxylic acids is 1. The van der Waals surface area contributed by atoms with Crippen LogP contribution in [0.25, 0.3) is 11.0 Å². The lowest BCUT2D eigenvalue weighted by atomic mass is 9.88. The molecule has 5 heterocycles. The smallest absolute Gasteiger partial charge is 0.317 e. The van der Waals surface area contributed by atoms with E-state index in [4.69, 9.17) is 0 Å². The van der Waals surface area contributed by atoms with E-state index in [0.717, 1.165) is 62.2 Å². The molecule has 212 valence electrons. The standard InChI is InChI=1S/C29H35FN6O3S/c30-20-16-25-26(33-17-20)35(23-9-14-40-15-10-23)29(39)36(28(25)38)22-5-3-21(4-6-22)34(24-2-1-11-32-18-24)27(37)19-7-12-31-13-8-19/h1-2,11,16-19,21-23,31H,3-10,12-15H2. The largest absolute Gasteiger partial charge is 0.333 e. The number of halogens is 1. The molecule has 1 saturated carbocycles.